The summed E-state index contributed by atoms with van der Waals surface area (Å²) >= 11 is 0. The van der Waals surface area contributed by atoms with Crippen molar-refractivity contribution in [3.05, 3.63) is 76.7 Å². The summed E-state index contributed by atoms with van der Waals surface area (Å²) in [6.45, 7) is 3.16. The molecule has 1 N–H and O–H groups in total. The zero-order valence-electron chi connectivity index (χ0n) is 21.3. The maximum absolute atomic E-state index is 13.7. The number of nitrogens with one attached hydrogen (secondary N) is 1. The third-order valence-electron chi connectivity index (χ3n) is 7.16. The fourth-order valence-electron chi connectivity index (χ4n) is 5.38. The molecule has 1 unspecified atom stereocenters. The summed E-state index contributed by atoms with van der Waals surface area (Å²) in [5.74, 6) is 0.223. The van der Waals surface area contributed by atoms with Gasteiger partial charge in [0.15, 0.2) is 11.9 Å². The Kier molecular flexibility index (Phi) is 6.43. The number of ether oxygens (including phenoxy) is 2. The second kappa shape index (κ2) is 10.2. The number of anilines is 2. The highest BCUT2D eigenvalue weighted by atomic mass is 16.7. The molecule has 12 heteroatoms. The number of H-pyrrole nitrogens is 1. The molecule has 2 aliphatic rings. The van der Waals surface area contributed by atoms with Crippen LogP contribution in [0.4, 0.5) is 16.3 Å². The minimum atomic E-state index is -0.841. The predicted molar refractivity (Wildman–Crippen MR) is 142 cm³/mol. The summed E-state index contributed by atoms with van der Waals surface area (Å²) in [7, 11) is 0. The number of amides is 1. The molecule has 2 aliphatic heterocycles. The van der Waals surface area contributed by atoms with Crippen molar-refractivity contribution in [2.75, 3.05) is 29.5 Å². The lowest BCUT2D eigenvalue weighted by molar-refractivity contribution is 0.0277. The van der Waals surface area contributed by atoms with E-state index in [1.165, 1.54) is 11.2 Å². The molecule has 0 aliphatic carbocycles. The summed E-state index contributed by atoms with van der Waals surface area (Å²) in [4.78, 5) is 57.6. The van der Waals surface area contributed by atoms with Crippen LogP contribution >= 0.6 is 0 Å². The lowest BCUT2D eigenvalue weighted by Gasteiger charge is -2.33. The van der Waals surface area contributed by atoms with Crippen LogP contribution in [0.5, 0.6) is 0 Å². The van der Waals surface area contributed by atoms with E-state index < -0.39 is 18.3 Å². The number of aromatic amines is 1. The number of rotatable bonds is 5. The standard InChI is InChI=1S/C27H27N7O5/c1-2-38-27(37)39-23-14-17-6-3-4-7-20(17)34(23)25(35)19-15-22(30-16-29-19)32-12-9-18(10-13-32)33-21-8-5-11-28-24(21)31-26(33)36/h3-8,11,15-16,18,23H,2,9-10,12-14H2,1H3,(H,28,31,36). The Hall–Kier alpha value is -4.74. The van der Waals surface area contributed by atoms with Crippen molar-refractivity contribution in [1.82, 2.24) is 24.5 Å². The fourth-order valence-corrected chi connectivity index (χ4v) is 5.38. The Morgan fingerprint density at radius 1 is 1.08 bits per heavy atom. The number of aromatic nitrogens is 5. The number of piperidine rings is 1. The molecule has 4 aromatic rings. The van der Waals surface area contributed by atoms with E-state index in [1.807, 2.05) is 36.4 Å². The van der Waals surface area contributed by atoms with E-state index in [9.17, 15) is 14.4 Å². The van der Waals surface area contributed by atoms with Gasteiger partial charge in [0.05, 0.1) is 17.8 Å². The SMILES string of the molecule is CCOC(=O)OC1Cc2ccccc2N1C(=O)c1cc(N2CCC(n3c(=O)[nH]c4ncccc43)CC2)ncn1. The van der Waals surface area contributed by atoms with Crippen molar-refractivity contribution in [1.29, 1.82) is 0 Å². The smallest absolute Gasteiger partial charge is 0.435 e. The molecule has 5 heterocycles. The molecule has 0 bridgehead atoms. The molecule has 1 saturated heterocycles. The first-order valence-corrected chi connectivity index (χ1v) is 12.9. The number of imidazole rings is 1. The zero-order valence-corrected chi connectivity index (χ0v) is 21.3. The van der Waals surface area contributed by atoms with Crippen molar-refractivity contribution >= 4 is 34.7 Å². The quantitative estimate of drug-likeness (QED) is 0.387. The Morgan fingerprint density at radius 3 is 2.72 bits per heavy atom. The van der Waals surface area contributed by atoms with Crippen molar-refractivity contribution in [3.63, 3.8) is 0 Å². The van der Waals surface area contributed by atoms with Crippen LogP contribution in [0.15, 0.2) is 59.8 Å². The van der Waals surface area contributed by atoms with E-state index in [2.05, 4.69) is 24.8 Å². The number of hydrogen-bond donors (Lipinski definition) is 1. The minimum absolute atomic E-state index is 0.0246. The molecular weight excluding hydrogens is 502 g/mol. The molecular formula is C27H27N7O5. The molecule has 1 aromatic carbocycles. The van der Waals surface area contributed by atoms with Gasteiger partial charge < -0.3 is 14.4 Å². The monoisotopic (exact) mass is 529 g/mol. The Bertz CT molecular complexity index is 1590. The van der Waals surface area contributed by atoms with Gasteiger partial charge in [-0.1, -0.05) is 18.2 Å². The van der Waals surface area contributed by atoms with E-state index in [1.54, 1.807) is 23.8 Å². The van der Waals surface area contributed by atoms with Gasteiger partial charge in [-0.2, -0.15) is 0 Å². The van der Waals surface area contributed by atoms with E-state index in [4.69, 9.17) is 9.47 Å². The van der Waals surface area contributed by atoms with Crippen molar-refractivity contribution in [2.45, 2.75) is 38.5 Å². The van der Waals surface area contributed by atoms with Gasteiger partial charge in [0.1, 0.15) is 17.8 Å². The molecule has 3 aromatic heterocycles. The van der Waals surface area contributed by atoms with Crippen LogP contribution in [0.3, 0.4) is 0 Å². The van der Waals surface area contributed by atoms with Crippen molar-refractivity contribution in [3.8, 4) is 0 Å². The summed E-state index contributed by atoms with van der Waals surface area (Å²) in [6.07, 6.45) is 3.17. The van der Waals surface area contributed by atoms with Gasteiger partial charge >= 0.3 is 11.8 Å². The number of pyridine rings is 1. The number of carbonyl (C=O) groups excluding carboxylic acids is 2. The van der Waals surface area contributed by atoms with Gasteiger partial charge in [0, 0.05) is 37.8 Å². The lowest BCUT2D eigenvalue weighted by atomic mass is 10.0. The topological polar surface area (TPSA) is 136 Å². The van der Waals surface area contributed by atoms with Crippen LogP contribution in [-0.4, -0.2) is 62.5 Å². The number of hydrogen-bond acceptors (Lipinski definition) is 9. The zero-order chi connectivity index (χ0) is 26.9. The van der Waals surface area contributed by atoms with Crippen molar-refractivity contribution in [2.24, 2.45) is 0 Å². The van der Waals surface area contributed by atoms with Crippen LogP contribution in [0.25, 0.3) is 11.2 Å². The molecule has 6 rings (SSSR count). The van der Waals surface area contributed by atoms with E-state index >= 15 is 0 Å². The number of carbonyl (C=O) groups is 2. The van der Waals surface area contributed by atoms with Gasteiger partial charge in [-0.15, -0.1) is 0 Å². The van der Waals surface area contributed by atoms with E-state index in [0.717, 1.165) is 23.9 Å². The minimum Gasteiger partial charge on any atom is -0.435 e. The van der Waals surface area contributed by atoms with E-state index in [0.29, 0.717) is 36.7 Å². The average molecular weight is 530 g/mol. The van der Waals surface area contributed by atoms with Crippen LogP contribution < -0.4 is 15.5 Å². The molecule has 12 nitrogen and oxygen atoms in total. The first-order chi connectivity index (χ1) is 19.0. The molecule has 1 fully saturated rings. The maximum Gasteiger partial charge on any atom is 0.510 e. The Balaban J connectivity index is 1.20. The maximum atomic E-state index is 13.7. The highest BCUT2D eigenvalue weighted by Gasteiger charge is 2.38. The summed E-state index contributed by atoms with van der Waals surface area (Å²) in [6, 6.07) is 12.8. The molecule has 0 saturated carbocycles. The predicted octanol–water partition coefficient (Wildman–Crippen LogP) is 3.06. The fraction of sp³-hybridized carbons (Fsp3) is 0.333. The molecule has 1 amide bonds. The van der Waals surface area contributed by atoms with E-state index in [-0.39, 0.29) is 24.0 Å². The number of benzene rings is 1. The van der Waals surface area contributed by atoms with Crippen LogP contribution in [-0.2, 0) is 15.9 Å². The average Bonchev–Trinajstić information content (AvgIpc) is 3.49. The van der Waals surface area contributed by atoms with Crippen LogP contribution in [0.2, 0.25) is 0 Å². The third-order valence-corrected chi connectivity index (χ3v) is 7.16. The molecule has 39 heavy (non-hydrogen) atoms. The molecule has 1 atom stereocenters. The second-order valence-corrected chi connectivity index (χ2v) is 9.41. The van der Waals surface area contributed by atoms with Gasteiger partial charge in [0.2, 0.25) is 0 Å². The third kappa shape index (κ3) is 4.58. The first-order valence-electron chi connectivity index (χ1n) is 12.9. The number of nitrogens with zero attached hydrogens (tertiary/aromatic N) is 6. The highest BCUT2D eigenvalue weighted by Crippen LogP contribution is 2.34. The van der Waals surface area contributed by atoms with Crippen LogP contribution in [0.1, 0.15) is 41.9 Å². The summed E-state index contributed by atoms with van der Waals surface area (Å²) in [5.41, 5.74) is 2.95. The van der Waals surface area contributed by atoms with Crippen molar-refractivity contribution < 1.29 is 19.1 Å². The summed E-state index contributed by atoms with van der Waals surface area (Å²) < 4.78 is 12.2. The Labute approximate surface area is 223 Å². The molecule has 200 valence electrons. The Morgan fingerprint density at radius 2 is 1.90 bits per heavy atom. The van der Waals surface area contributed by atoms with Gasteiger partial charge in [-0.25, -0.2) is 24.5 Å². The van der Waals surface area contributed by atoms with Gasteiger partial charge in [0.25, 0.3) is 5.91 Å². The number of para-hydroxylation sites is 1. The van der Waals surface area contributed by atoms with Crippen LogP contribution in [0, 0.1) is 0 Å². The van der Waals surface area contributed by atoms with Gasteiger partial charge in [-0.05, 0) is 43.5 Å². The second-order valence-electron chi connectivity index (χ2n) is 9.41. The molecule has 0 radical (unpaired) electrons. The molecule has 0 spiro atoms. The summed E-state index contributed by atoms with van der Waals surface area (Å²) in [5, 5.41) is 0. The largest absolute Gasteiger partial charge is 0.510 e. The highest BCUT2D eigenvalue weighted by molar-refractivity contribution is 6.06. The number of fused-ring (bicyclic) bond motifs is 2. The van der Waals surface area contributed by atoms with Gasteiger partial charge in [-0.3, -0.25) is 19.2 Å². The lowest BCUT2D eigenvalue weighted by Crippen LogP contribution is -2.41. The normalized spacial score (nSPS) is 17.3. The first kappa shape index (κ1) is 24.6.